The smallest absolute Gasteiger partial charge is 0.300 e. The fourth-order valence-electron chi connectivity index (χ4n) is 4.81. The normalized spacial score (nSPS) is 16.6. The van der Waals surface area contributed by atoms with Crippen LogP contribution in [0.5, 0.6) is 23.0 Å². The van der Waals surface area contributed by atoms with Gasteiger partial charge >= 0.3 is 0 Å². The van der Waals surface area contributed by atoms with Crippen molar-refractivity contribution in [2.75, 3.05) is 25.2 Å². The highest BCUT2D eigenvalue weighted by molar-refractivity contribution is 6.51. The average molecular weight is 518 g/mol. The highest BCUT2D eigenvalue weighted by Gasteiger charge is 2.47. The van der Waals surface area contributed by atoms with E-state index in [1.54, 1.807) is 36.4 Å². The Morgan fingerprint density at radius 3 is 2.21 bits per heavy atom. The monoisotopic (exact) mass is 517 g/mol. The van der Waals surface area contributed by atoms with Crippen molar-refractivity contribution < 1.29 is 34.0 Å². The van der Waals surface area contributed by atoms with Crippen molar-refractivity contribution in [2.24, 2.45) is 0 Å². The molecular formula is C30H31NO7. The first-order chi connectivity index (χ1) is 18.2. The number of hydrogen-bond donors (Lipinski definition) is 2. The van der Waals surface area contributed by atoms with Gasteiger partial charge in [-0.2, -0.15) is 0 Å². The molecule has 0 aromatic heterocycles. The molecule has 8 heteroatoms. The number of aliphatic hydroxyl groups excluding tert-OH is 1. The number of Topliss-reactive ketones (excluding diaryl/α,β-unsaturated/α-hetero) is 1. The van der Waals surface area contributed by atoms with E-state index in [1.165, 1.54) is 24.1 Å². The molecule has 8 nitrogen and oxygen atoms in total. The first-order valence-electron chi connectivity index (χ1n) is 12.4. The molecule has 0 aliphatic carbocycles. The van der Waals surface area contributed by atoms with Crippen LogP contribution in [-0.4, -0.2) is 42.2 Å². The minimum absolute atomic E-state index is 0.0291. The maximum atomic E-state index is 13.5. The second kappa shape index (κ2) is 10.9. The summed E-state index contributed by atoms with van der Waals surface area (Å²) >= 11 is 0. The van der Waals surface area contributed by atoms with Crippen LogP contribution in [0.3, 0.4) is 0 Å². The van der Waals surface area contributed by atoms with Gasteiger partial charge in [0.25, 0.3) is 11.7 Å². The Morgan fingerprint density at radius 2 is 1.58 bits per heavy atom. The molecule has 1 amide bonds. The Kier molecular flexibility index (Phi) is 7.62. The van der Waals surface area contributed by atoms with Crippen molar-refractivity contribution in [1.29, 1.82) is 0 Å². The van der Waals surface area contributed by atoms with Gasteiger partial charge < -0.3 is 24.4 Å². The van der Waals surface area contributed by atoms with Crippen LogP contribution in [0.15, 0.2) is 60.2 Å². The molecule has 1 aliphatic rings. The van der Waals surface area contributed by atoms with Crippen LogP contribution in [-0.2, 0) is 9.59 Å². The van der Waals surface area contributed by atoms with Crippen LogP contribution < -0.4 is 19.1 Å². The van der Waals surface area contributed by atoms with Gasteiger partial charge in [0.05, 0.1) is 37.5 Å². The van der Waals surface area contributed by atoms with Gasteiger partial charge in [0.2, 0.25) is 0 Å². The Morgan fingerprint density at radius 1 is 0.921 bits per heavy atom. The third-order valence-electron chi connectivity index (χ3n) is 6.34. The Balaban J connectivity index is 1.97. The number of ether oxygens (including phenoxy) is 3. The molecule has 1 aliphatic heterocycles. The number of aromatic hydroxyl groups is 1. The number of carbonyl (C=O) groups excluding carboxylic acids is 2. The van der Waals surface area contributed by atoms with E-state index < -0.39 is 17.7 Å². The molecule has 0 spiro atoms. The van der Waals surface area contributed by atoms with E-state index in [4.69, 9.17) is 14.2 Å². The number of anilines is 1. The number of hydrogen-bond acceptors (Lipinski definition) is 7. The summed E-state index contributed by atoms with van der Waals surface area (Å²) in [7, 11) is 1.49. The number of phenolic OH excluding ortho intramolecular Hbond substituents is 1. The molecule has 3 aromatic rings. The van der Waals surface area contributed by atoms with Crippen molar-refractivity contribution in [1.82, 2.24) is 0 Å². The summed E-state index contributed by atoms with van der Waals surface area (Å²) in [4.78, 5) is 28.4. The second-order valence-electron chi connectivity index (χ2n) is 8.92. The summed E-state index contributed by atoms with van der Waals surface area (Å²) in [6.45, 7) is 8.20. The third-order valence-corrected chi connectivity index (χ3v) is 6.34. The Hall–Kier alpha value is -4.46. The minimum atomic E-state index is -0.978. The highest BCUT2D eigenvalue weighted by atomic mass is 16.5. The van der Waals surface area contributed by atoms with Crippen LogP contribution >= 0.6 is 0 Å². The Bertz CT molecular complexity index is 1410. The van der Waals surface area contributed by atoms with E-state index in [2.05, 4.69) is 0 Å². The van der Waals surface area contributed by atoms with E-state index in [1.807, 2.05) is 33.8 Å². The lowest BCUT2D eigenvalue weighted by Gasteiger charge is -2.26. The van der Waals surface area contributed by atoms with E-state index in [0.717, 1.165) is 11.1 Å². The van der Waals surface area contributed by atoms with Crippen LogP contribution in [0.2, 0.25) is 0 Å². The summed E-state index contributed by atoms with van der Waals surface area (Å²) in [5.74, 6) is -0.619. The molecule has 1 fully saturated rings. The van der Waals surface area contributed by atoms with Crippen LogP contribution in [0.1, 0.15) is 42.1 Å². The zero-order valence-corrected chi connectivity index (χ0v) is 22.1. The molecule has 1 saturated heterocycles. The van der Waals surface area contributed by atoms with Crippen molar-refractivity contribution >= 4 is 23.1 Å². The lowest BCUT2D eigenvalue weighted by atomic mass is 9.93. The molecule has 1 atom stereocenters. The number of aliphatic hydroxyl groups is 1. The molecule has 198 valence electrons. The quantitative estimate of drug-likeness (QED) is 0.233. The highest BCUT2D eigenvalue weighted by Crippen LogP contribution is 2.45. The predicted octanol–water partition coefficient (Wildman–Crippen LogP) is 5.44. The molecular weight excluding hydrogens is 486 g/mol. The van der Waals surface area contributed by atoms with Crippen LogP contribution in [0.25, 0.3) is 5.76 Å². The molecule has 0 radical (unpaired) electrons. The lowest BCUT2D eigenvalue weighted by molar-refractivity contribution is -0.132. The fraction of sp³-hybridized carbons (Fsp3) is 0.267. The van der Waals surface area contributed by atoms with Gasteiger partial charge in [-0.05, 0) is 74.7 Å². The zero-order valence-electron chi connectivity index (χ0n) is 22.1. The van der Waals surface area contributed by atoms with Crippen molar-refractivity contribution in [3.8, 4) is 23.0 Å². The summed E-state index contributed by atoms with van der Waals surface area (Å²) in [5.41, 5.74) is 2.78. The maximum Gasteiger partial charge on any atom is 0.300 e. The SMILES string of the molecule is CCOc1ccc(N2C(=O)C(=O)/C(=C(/O)c3cc(C)cc(C)c3OC)C2c2ccc(O)cc2)cc1OCC. The zero-order chi connectivity index (χ0) is 27.6. The van der Waals surface area contributed by atoms with Gasteiger partial charge in [0.15, 0.2) is 11.5 Å². The first-order valence-corrected chi connectivity index (χ1v) is 12.4. The van der Waals surface area contributed by atoms with Gasteiger partial charge in [-0.25, -0.2) is 0 Å². The van der Waals surface area contributed by atoms with E-state index in [-0.39, 0.29) is 17.1 Å². The van der Waals surface area contributed by atoms with Gasteiger partial charge in [-0.3, -0.25) is 14.5 Å². The number of amides is 1. The number of ketones is 1. The fourth-order valence-corrected chi connectivity index (χ4v) is 4.81. The molecule has 4 rings (SSSR count). The predicted molar refractivity (Wildman–Crippen MR) is 144 cm³/mol. The molecule has 3 aromatic carbocycles. The number of nitrogens with zero attached hydrogens (tertiary/aromatic N) is 1. The number of phenols is 1. The van der Waals surface area contributed by atoms with Gasteiger partial charge in [-0.15, -0.1) is 0 Å². The third kappa shape index (κ3) is 4.77. The van der Waals surface area contributed by atoms with Crippen molar-refractivity contribution in [3.63, 3.8) is 0 Å². The van der Waals surface area contributed by atoms with E-state index in [9.17, 15) is 19.8 Å². The van der Waals surface area contributed by atoms with E-state index >= 15 is 0 Å². The van der Waals surface area contributed by atoms with E-state index in [0.29, 0.717) is 47.3 Å². The first kappa shape index (κ1) is 26.6. The molecule has 0 saturated carbocycles. The summed E-state index contributed by atoms with van der Waals surface area (Å²) in [5, 5.41) is 21.5. The number of benzene rings is 3. The van der Waals surface area contributed by atoms with Gasteiger partial charge in [0.1, 0.15) is 17.3 Å². The molecule has 38 heavy (non-hydrogen) atoms. The standard InChI is InChI=1S/C30H31NO7/c1-6-37-23-13-10-20(16-24(23)38-7-2)31-26(19-8-11-21(32)12-9-19)25(28(34)30(31)35)27(33)22-15-17(3)14-18(4)29(22)36-5/h8-16,26,32-33H,6-7H2,1-5H3/b27-25+. The van der Waals surface area contributed by atoms with Crippen molar-refractivity contribution in [3.05, 3.63) is 82.4 Å². The molecule has 1 heterocycles. The van der Waals surface area contributed by atoms with Crippen LogP contribution in [0, 0.1) is 13.8 Å². The molecule has 1 unspecified atom stereocenters. The number of carbonyl (C=O) groups is 2. The minimum Gasteiger partial charge on any atom is -0.508 e. The summed E-state index contributed by atoms with van der Waals surface area (Å²) in [6, 6.07) is 13.8. The molecule has 0 bridgehead atoms. The number of rotatable bonds is 8. The van der Waals surface area contributed by atoms with Gasteiger partial charge in [0, 0.05) is 11.8 Å². The summed E-state index contributed by atoms with van der Waals surface area (Å²) < 4.78 is 17.0. The largest absolute Gasteiger partial charge is 0.508 e. The number of aryl methyl sites for hydroxylation is 2. The van der Waals surface area contributed by atoms with Gasteiger partial charge in [-0.1, -0.05) is 18.2 Å². The van der Waals surface area contributed by atoms with Crippen LogP contribution in [0.4, 0.5) is 5.69 Å². The average Bonchev–Trinajstić information content (AvgIpc) is 3.15. The summed E-state index contributed by atoms with van der Waals surface area (Å²) in [6.07, 6.45) is 0. The molecule has 2 N–H and O–H groups in total. The maximum absolute atomic E-state index is 13.5. The lowest BCUT2D eigenvalue weighted by Crippen LogP contribution is -2.29. The van der Waals surface area contributed by atoms with Crippen molar-refractivity contribution in [2.45, 2.75) is 33.7 Å². The topological polar surface area (TPSA) is 106 Å². The Labute approximate surface area is 221 Å². The number of methoxy groups -OCH3 is 1. The second-order valence-corrected chi connectivity index (χ2v) is 8.92.